The Morgan fingerprint density at radius 3 is 2.39 bits per heavy atom. The lowest BCUT2D eigenvalue weighted by atomic mass is 9.38. The number of hydrogen-bond donors (Lipinski definition) is 1. The molecular weight excluding hydrogens is 344 g/mol. The molecule has 4 aliphatic carbocycles. The van der Waals surface area contributed by atoms with Crippen LogP contribution in [0.1, 0.15) is 76.7 Å². The molecule has 6 fully saturated rings. The van der Waals surface area contributed by atoms with Gasteiger partial charge in [-0.3, -0.25) is 4.79 Å². The molecule has 6 aliphatic rings. The van der Waals surface area contributed by atoms with Crippen molar-refractivity contribution >= 4 is 5.91 Å². The SMILES string of the molecule is C[C@]12CC3CC(C(=O)N4C5CCC4CC(N)C5)(C1)C[C@@](c1ccccc1)(C3)C2. The highest BCUT2D eigenvalue weighted by Gasteiger charge is 2.66. The molecule has 3 heteroatoms. The number of amides is 1. The molecule has 1 aromatic rings. The molecule has 7 rings (SSSR count). The van der Waals surface area contributed by atoms with Crippen LogP contribution in [-0.4, -0.2) is 28.9 Å². The molecule has 6 bridgehead atoms. The molecule has 2 N–H and O–H groups in total. The summed E-state index contributed by atoms with van der Waals surface area (Å²) in [5.41, 5.74) is 8.23. The molecule has 4 unspecified atom stereocenters. The van der Waals surface area contributed by atoms with Gasteiger partial charge in [0.2, 0.25) is 5.91 Å². The lowest BCUT2D eigenvalue weighted by Crippen LogP contribution is -2.64. The Hall–Kier alpha value is -1.35. The van der Waals surface area contributed by atoms with Crippen LogP contribution in [0.25, 0.3) is 0 Å². The van der Waals surface area contributed by atoms with Gasteiger partial charge in [-0.05, 0) is 86.5 Å². The zero-order chi connectivity index (χ0) is 19.1. The predicted octanol–water partition coefficient (Wildman–Crippen LogP) is 4.40. The van der Waals surface area contributed by atoms with Gasteiger partial charge in [0, 0.05) is 18.1 Å². The van der Waals surface area contributed by atoms with Crippen LogP contribution in [0.4, 0.5) is 0 Å². The minimum Gasteiger partial charge on any atom is -0.336 e. The maximum Gasteiger partial charge on any atom is 0.229 e. The second kappa shape index (κ2) is 5.62. The van der Waals surface area contributed by atoms with E-state index in [0.29, 0.717) is 29.4 Å². The largest absolute Gasteiger partial charge is 0.336 e. The lowest BCUT2D eigenvalue weighted by Gasteiger charge is -2.66. The van der Waals surface area contributed by atoms with E-state index in [9.17, 15) is 4.79 Å². The van der Waals surface area contributed by atoms with Crippen LogP contribution in [0, 0.1) is 16.7 Å². The fourth-order valence-corrected chi connectivity index (χ4v) is 9.10. The van der Waals surface area contributed by atoms with Gasteiger partial charge in [-0.15, -0.1) is 0 Å². The van der Waals surface area contributed by atoms with E-state index in [1.54, 1.807) is 0 Å². The Bertz CT molecular complexity index is 794. The first-order valence-corrected chi connectivity index (χ1v) is 11.5. The molecule has 150 valence electrons. The highest BCUT2D eigenvalue weighted by atomic mass is 16.2. The Morgan fingerprint density at radius 1 is 1.00 bits per heavy atom. The number of carbonyl (C=O) groups excluding carboxylic acids is 1. The molecule has 2 aliphatic heterocycles. The number of carbonyl (C=O) groups is 1. The third kappa shape index (κ3) is 2.35. The first-order chi connectivity index (χ1) is 13.4. The molecule has 6 atom stereocenters. The molecule has 4 saturated carbocycles. The number of benzene rings is 1. The van der Waals surface area contributed by atoms with Crippen molar-refractivity contribution in [3.63, 3.8) is 0 Å². The van der Waals surface area contributed by atoms with Crippen LogP contribution in [0.2, 0.25) is 0 Å². The number of nitrogens with two attached hydrogens (primary N) is 1. The summed E-state index contributed by atoms with van der Waals surface area (Å²) in [6.45, 7) is 2.48. The number of hydrogen-bond acceptors (Lipinski definition) is 2. The van der Waals surface area contributed by atoms with Crippen molar-refractivity contribution in [2.75, 3.05) is 0 Å². The normalized spacial score (nSPS) is 48.9. The van der Waals surface area contributed by atoms with Gasteiger partial charge < -0.3 is 10.6 Å². The summed E-state index contributed by atoms with van der Waals surface area (Å²) in [5, 5.41) is 0. The quantitative estimate of drug-likeness (QED) is 0.829. The predicted molar refractivity (Wildman–Crippen MR) is 111 cm³/mol. The first kappa shape index (κ1) is 17.5. The molecule has 2 saturated heterocycles. The average molecular weight is 379 g/mol. The monoisotopic (exact) mass is 378 g/mol. The van der Waals surface area contributed by atoms with E-state index in [1.807, 2.05) is 0 Å². The highest BCUT2D eigenvalue weighted by molar-refractivity contribution is 5.85. The van der Waals surface area contributed by atoms with Crippen LogP contribution in [-0.2, 0) is 10.2 Å². The van der Waals surface area contributed by atoms with Gasteiger partial charge in [0.15, 0.2) is 0 Å². The van der Waals surface area contributed by atoms with Crippen molar-refractivity contribution in [2.45, 2.75) is 94.7 Å². The molecule has 0 radical (unpaired) electrons. The Labute approximate surface area is 169 Å². The van der Waals surface area contributed by atoms with Gasteiger partial charge >= 0.3 is 0 Å². The van der Waals surface area contributed by atoms with Crippen molar-refractivity contribution in [2.24, 2.45) is 22.5 Å². The molecular formula is C25H34N2O. The fourth-order valence-electron chi connectivity index (χ4n) is 9.10. The molecule has 0 aromatic heterocycles. The van der Waals surface area contributed by atoms with Crippen LogP contribution in [0.5, 0.6) is 0 Å². The zero-order valence-corrected chi connectivity index (χ0v) is 17.2. The standard InChI is InChI=1S/C25H34N2O/c1-23-11-17-12-24(14-23,18-5-3-2-4-6-18)16-25(13-17,15-23)22(28)27-20-7-8-21(27)10-19(26)9-20/h2-6,17,19-21H,7-16,26H2,1H3/t17?,19?,20?,21?,23-,24-,25?/m1/s1. The van der Waals surface area contributed by atoms with Crippen molar-refractivity contribution in [3.05, 3.63) is 35.9 Å². The Morgan fingerprint density at radius 2 is 1.71 bits per heavy atom. The minimum atomic E-state index is -0.119. The van der Waals surface area contributed by atoms with Crippen LogP contribution < -0.4 is 5.73 Å². The first-order valence-electron chi connectivity index (χ1n) is 11.5. The van der Waals surface area contributed by atoms with Gasteiger partial charge in [-0.1, -0.05) is 37.3 Å². The average Bonchev–Trinajstić information content (AvgIpc) is 2.91. The van der Waals surface area contributed by atoms with Crippen molar-refractivity contribution < 1.29 is 4.79 Å². The van der Waals surface area contributed by atoms with Gasteiger partial charge in [-0.25, -0.2) is 0 Å². The van der Waals surface area contributed by atoms with Crippen LogP contribution in [0.3, 0.4) is 0 Å². The van der Waals surface area contributed by atoms with E-state index in [2.05, 4.69) is 42.2 Å². The smallest absolute Gasteiger partial charge is 0.229 e. The summed E-state index contributed by atoms with van der Waals surface area (Å²) < 4.78 is 0. The number of piperidine rings is 1. The maximum atomic E-state index is 14.2. The van der Waals surface area contributed by atoms with E-state index in [0.717, 1.165) is 38.0 Å². The van der Waals surface area contributed by atoms with Crippen molar-refractivity contribution in [1.29, 1.82) is 0 Å². The Balaban J connectivity index is 1.39. The summed E-state index contributed by atoms with van der Waals surface area (Å²) >= 11 is 0. The zero-order valence-electron chi connectivity index (χ0n) is 17.2. The number of nitrogens with zero attached hydrogens (tertiary/aromatic N) is 1. The molecule has 28 heavy (non-hydrogen) atoms. The summed E-state index contributed by atoms with van der Waals surface area (Å²) in [4.78, 5) is 16.6. The Kier molecular flexibility index (Phi) is 3.51. The van der Waals surface area contributed by atoms with Crippen LogP contribution in [0.15, 0.2) is 30.3 Å². The number of rotatable bonds is 2. The van der Waals surface area contributed by atoms with Gasteiger partial charge in [-0.2, -0.15) is 0 Å². The second-order valence-corrected chi connectivity index (χ2v) is 11.6. The second-order valence-electron chi connectivity index (χ2n) is 11.6. The van der Waals surface area contributed by atoms with E-state index >= 15 is 0 Å². The molecule has 3 nitrogen and oxygen atoms in total. The van der Waals surface area contributed by atoms with E-state index < -0.39 is 0 Å². The fraction of sp³-hybridized carbons (Fsp3) is 0.720. The van der Waals surface area contributed by atoms with Gasteiger partial charge in [0.25, 0.3) is 0 Å². The lowest BCUT2D eigenvalue weighted by molar-refractivity contribution is -0.174. The maximum absolute atomic E-state index is 14.2. The third-order valence-electron chi connectivity index (χ3n) is 9.19. The minimum absolute atomic E-state index is 0.119. The summed E-state index contributed by atoms with van der Waals surface area (Å²) in [5.74, 6) is 1.23. The van der Waals surface area contributed by atoms with Crippen molar-refractivity contribution in [3.8, 4) is 0 Å². The topological polar surface area (TPSA) is 46.3 Å². The summed E-state index contributed by atoms with van der Waals surface area (Å²) in [6.07, 6.45) is 11.6. The molecule has 2 heterocycles. The van der Waals surface area contributed by atoms with Crippen molar-refractivity contribution in [1.82, 2.24) is 4.90 Å². The number of fused-ring (bicyclic) bond motifs is 2. The third-order valence-corrected chi connectivity index (χ3v) is 9.19. The molecule has 1 amide bonds. The van der Waals surface area contributed by atoms with Gasteiger partial charge in [0.1, 0.15) is 0 Å². The van der Waals surface area contributed by atoms with E-state index in [1.165, 1.54) is 37.7 Å². The van der Waals surface area contributed by atoms with E-state index in [4.69, 9.17) is 5.73 Å². The highest BCUT2D eigenvalue weighted by Crippen LogP contribution is 2.70. The summed E-state index contributed by atoms with van der Waals surface area (Å²) in [6, 6.07) is 12.3. The summed E-state index contributed by atoms with van der Waals surface area (Å²) in [7, 11) is 0. The molecule has 0 spiro atoms. The van der Waals surface area contributed by atoms with E-state index in [-0.39, 0.29) is 10.8 Å². The van der Waals surface area contributed by atoms with Gasteiger partial charge in [0.05, 0.1) is 5.41 Å². The molecule has 1 aromatic carbocycles. The van der Waals surface area contributed by atoms with Crippen LogP contribution >= 0.6 is 0 Å².